The van der Waals surface area contributed by atoms with Crippen LogP contribution >= 0.6 is 15.9 Å². The van der Waals surface area contributed by atoms with Gasteiger partial charge in [0, 0.05) is 22.6 Å². The van der Waals surface area contributed by atoms with Gasteiger partial charge in [0.1, 0.15) is 11.8 Å². The van der Waals surface area contributed by atoms with Crippen LogP contribution in [0.15, 0.2) is 57.9 Å². The average Bonchev–Trinajstić information content (AvgIpc) is 2.70. The van der Waals surface area contributed by atoms with Crippen molar-refractivity contribution in [3.05, 3.63) is 53.0 Å². The van der Waals surface area contributed by atoms with Crippen molar-refractivity contribution in [2.75, 3.05) is 11.9 Å². The van der Waals surface area contributed by atoms with Gasteiger partial charge in [-0.2, -0.15) is 9.98 Å². The van der Waals surface area contributed by atoms with Crippen molar-refractivity contribution < 1.29 is 17.9 Å². The highest BCUT2D eigenvalue weighted by molar-refractivity contribution is 9.10. The van der Waals surface area contributed by atoms with Crippen LogP contribution in [-0.4, -0.2) is 27.0 Å². The number of rotatable bonds is 10. The summed E-state index contributed by atoms with van der Waals surface area (Å²) in [4.78, 5) is 12.9. The molecule has 1 atom stereocenters. The second-order valence-corrected chi connectivity index (χ2v) is 9.55. The van der Waals surface area contributed by atoms with Gasteiger partial charge in [0.25, 0.3) is 0 Å². The number of unbranched alkanes of at least 4 members (excludes halogenated alkanes) is 1. The summed E-state index contributed by atoms with van der Waals surface area (Å²) in [6.07, 6.45) is 1.02. The van der Waals surface area contributed by atoms with Crippen molar-refractivity contribution in [1.29, 1.82) is 5.26 Å². The molecule has 0 aliphatic carbocycles. The molecule has 0 spiro atoms. The van der Waals surface area contributed by atoms with Gasteiger partial charge in [-0.15, -0.1) is 0 Å². The van der Waals surface area contributed by atoms with Crippen molar-refractivity contribution in [2.45, 2.75) is 37.6 Å². The molecule has 160 valence electrons. The lowest BCUT2D eigenvalue weighted by molar-refractivity contribution is -0.118. The average molecular weight is 494 g/mol. The van der Waals surface area contributed by atoms with E-state index in [-0.39, 0.29) is 10.8 Å². The Morgan fingerprint density at radius 2 is 1.90 bits per heavy atom. The molecule has 2 aromatic rings. The standard InChI is InChI=1S/C21H24BrN3O4S/c1-15(2)20(25-30(27,28)19-10-8-16(22)9-11-19)21(26)24-17-6-5-7-18(14-17)29-13-4-3-12-23/h5-11,14-15,20,25H,3-4,13H2,1-2H3,(H,24,26)/t20-/m0/s1. The maximum atomic E-state index is 12.8. The van der Waals surface area contributed by atoms with Gasteiger partial charge < -0.3 is 10.1 Å². The van der Waals surface area contributed by atoms with Crippen LogP contribution in [0.2, 0.25) is 0 Å². The van der Waals surface area contributed by atoms with Crippen LogP contribution in [0.5, 0.6) is 5.75 Å². The van der Waals surface area contributed by atoms with Crippen LogP contribution in [-0.2, 0) is 14.8 Å². The Labute approximate surface area is 185 Å². The van der Waals surface area contributed by atoms with E-state index in [1.54, 1.807) is 50.2 Å². The number of nitriles is 1. The quantitative estimate of drug-likeness (QED) is 0.484. The van der Waals surface area contributed by atoms with Crippen LogP contribution in [0, 0.1) is 17.2 Å². The Morgan fingerprint density at radius 1 is 1.20 bits per heavy atom. The van der Waals surface area contributed by atoms with Gasteiger partial charge in [0.2, 0.25) is 15.9 Å². The highest BCUT2D eigenvalue weighted by Crippen LogP contribution is 2.20. The molecular weight excluding hydrogens is 470 g/mol. The number of nitrogens with zero attached hydrogens (tertiary/aromatic N) is 1. The summed E-state index contributed by atoms with van der Waals surface area (Å²) >= 11 is 3.27. The largest absolute Gasteiger partial charge is 0.493 e. The summed E-state index contributed by atoms with van der Waals surface area (Å²) in [6, 6.07) is 14.1. The predicted octanol–water partition coefficient (Wildman–Crippen LogP) is 4.07. The molecule has 2 N–H and O–H groups in total. The summed E-state index contributed by atoms with van der Waals surface area (Å²) in [7, 11) is -3.87. The van der Waals surface area contributed by atoms with E-state index in [1.165, 1.54) is 12.1 Å². The van der Waals surface area contributed by atoms with Crippen molar-refractivity contribution >= 4 is 37.5 Å². The molecule has 0 fully saturated rings. The molecule has 0 radical (unpaired) electrons. The van der Waals surface area contributed by atoms with Crippen molar-refractivity contribution in [3.8, 4) is 11.8 Å². The van der Waals surface area contributed by atoms with Gasteiger partial charge in [-0.3, -0.25) is 4.79 Å². The first-order valence-electron chi connectivity index (χ1n) is 9.41. The Morgan fingerprint density at radius 3 is 2.53 bits per heavy atom. The molecule has 0 unspecified atom stereocenters. The maximum absolute atomic E-state index is 12.8. The molecule has 2 aromatic carbocycles. The number of nitrogens with one attached hydrogen (secondary N) is 2. The first kappa shape index (κ1) is 23.9. The van der Waals surface area contributed by atoms with E-state index in [1.807, 2.05) is 0 Å². The van der Waals surface area contributed by atoms with E-state index >= 15 is 0 Å². The van der Waals surface area contributed by atoms with Gasteiger partial charge >= 0.3 is 0 Å². The Bertz CT molecular complexity index is 1000. The highest BCUT2D eigenvalue weighted by Gasteiger charge is 2.28. The number of halogens is 1. The van der Waals surface area contributed by atoms with E-state index in [0.717, 1.165) is 4.47 Å². The van der Waals surface area contributed by atoms with E-state index in [2.05, 4.69) is 32.0 Å². The zero-order valence-corrected chi connectivity index (χ0v) is 19.2. The van der Waals surface area contributed by atoms with Crippen LogP contribution in [0.3, 0.4) is 0 Å². The molecule has 9 heteroatoms. The zero-order chi connectivity index (χ0) is 22.1. The lowest BCUT2D eigenvalue weighted by Gasteiger charge is -2.22. The lowest BCUT2D eigenvalue weighted by Crippen LogP contribution is -2.47. The fourth-order valence-corrected chi connectivity index (χ4v) is 4.17. The lowest BCUT2D eigenvalue weighted by atomic mass is 10.0. The molecule has 30 heavy (non-hydrogen) atoms. The number of benzene rings is 2. The Balaban J connectivity index is 2.09. The molecule has 0 saturated carbocycles. The highest BCUT2D eigenvalue weighted by atomic mass is 79.9. The van der Waals surface area contributed by atoms with E-state index in [0.29, 0.717) is 30.9 Å². The third kappa shape index (κ3) is 7.13. The summed E-state index contributed by atoms with van der Waals surface area (Å²) < 4.78 is 34.2. The minimum atomic E-state index is -3.87. The topological polar surface area (TPSA) is 108 Å². The predicted molar refractivity (Wildman–Crippen MR) is 119 cm³/mol. The van der Waals surface area contributed by atoms with Crippen molar-refractivity contribution in [1.82, 2.24) is 4.72 Å². The van der Waals surface area contributed by atoms with E-state index < -0.39 is 22.0 Å². The zero-order valence-electron chi connectivity index (χ0n) is 16.8. The Kier molecular flexibility index (Phi) is 8.84. The Hall–Kier alpha value is -2.41. The molecular formula is C21H24BrN3O4S. The molecule has 0 saturated heterocycles. The van der Waals surface area contributed by atoms with Crippen LogP contribution in [0.4, 0.5) is 5.69 Å². The minimum absolute atomic E-state index is 0.0805. The second kappa shape index (κ2) is 11.1. The maximum Gasteiger partial charge on any atom is 0.242 e. The molecule has 0 aromatic heterocycles. The van der Waals surface area contributed by atoms with E-state index in [9.17, 15) is 13.2 Å². The molecule has 0 bridgehead atoms. The SMILES string of the molecule is CC(C)[C@H](NS(=O)(=O)c1ccc(Br)cc1)C(=O)Nc1cccc(OCCCC#N)c1. The van der Waals surface area contributed by atoms with Gasteiger partial charge in [0.15, 0.2) is 0 Å². The number of sulfonamides is 1. The van der Waals surface area contributed by atoms with Gasteiger partial charge in [-0.25, -0.2) is 8.42 Å². The smallest absolute Gasteiger partial charge is 0.242 e. The number of amides is 1. The number of ether oxygens (including phenoxy) is 1. The van der Waals surface area contributed by atoms with Crippen LogP contribution in [0.25, 0.3) is 0 Å². The normalized spacial score (nSPS) is 12.2. The van der Waals surface area contributed by atoms with Gasteiger partial charge in [-0.1, -0.05) is 35.8 Å². The van der Waals surface area contributed by atoms with E-state index in [4.69, 9.17) is 10.00 Å². The molecule has 2 rings (SSSR count). The number of carbonyl (C=O) groups is 1. The van der Waals surface area contributed by atoms with Crippen LogP contribution in [0.1, 0.15) is 26.7 Å². The molecule has 7 nitrogen and oxygen atoms in total. The first-order valence-corrected chi connectivity index (χ1v) is 11.7. The summed E-state index contributed by atoms with van der Waals surface area (Å²) in [5.74, 6) is -0.185. The molecule has 0 aliphatic rings. The van der Waals surface area contributed by atoms with Crippen molar-refractivity contribution in [3.63, 3.8) is 0 Å². The number of hydrogen-bond acceptors (Lipinski definition) is 5. The summed E-state index contributed by atoms with van der Waals surface area (Å²) in [5.41, 5.74) is 0.492. The first-order chi connectivity index (χ1) is 14.2. The number of anilines is 1. The van der Waals surface area contributed by atoms with Crippen LogP contribution < -0.4 is 14.8 Å². The number of carbonyl (C=O) groups excluding carboxylic acids is 1. The fourth-order valence-electron chi connectivity index (χ4n) is 2.57. The fraction of sp³-hybridized carbons (Fsp3) is 0.333. The molecule has 0 heterocycles. The van der Waals surface area contributed by atoms with Crippen molar-refractivity contribution in [2.24, 2.45) is 5.92 Å². The third-order valence-electron chi connectivity index (χ3n) is 4.16. The monoisotopic (exact) mass is 493 g/mol. The summed E-state index contributed by atoms with van der Waals surface area (Å²) in [6.45, 7) is 3.93. The molecule has 0 aliphatic heterocycles. The number of hydrogen-bond donors (Lipinski definition) is 2. The minimum Gasteiger partial charge on any atom is -0.493 e. The third-order valence-corrected chi connectivity index (χ3v) is 6.14. The van der Waals surface area contributed by atoms with Gasteiger partial charge in [0.05, 0.1) is 17.6 Å². The molecule has 1 amide bonds. The van der Waals surface area contributed by atoms with Gasteiger partial charge in [-0.05, 0) is 48.7 Å². The summed E-state index contributed by atoms with van der Waals surface area (Å²) in [5, 5.41) is 11.3. The second-order valence-electron chi connectivity index (χ2n) is 6.92.